The van der Waals surface area contributed by atoms with E-state index < -0.39 is 4.92 Å². The maximum atomic E-state index is 11.8. The summed E-state index contributed by atoms with van der Waals surface area (Å²) in [7, 11) is 1.76. The summed E-state index contributed by atoms with van der Waals surface area (Å²) in [6.07, 6.45) is 1.98. The number of nitro benzene ring substituents is 1. The van der Waals surface area contributed by atoms with E-state index in [0.29, 0.717) is 23.0 Å². The van der Waals surface area contributed by atoms with Crippen LogP contribution in [0, 0.1) is 10.1 Å². The molecule has 7 nitrogen and oxygen atoms in total. The minimum Gasteiger partial charge on any atom is -0.354 e. The van der Waals surface area contributed by atoms with Gasteiger partial charge in [0.05, 0.1) is 22.4 Å². The van der Waals surface area contributed by atoms with E-state index in [1.165, 1.54) is 6.07 Å². The standard InChI is InChI=1S/C18H14N4O3/c1-21-15-6-4-12(9-11(15)10-17(21)23)20-14-5-7-16(22(24)25)13-3-2-8-19-18(13)14/h2-9,20H,10H2,1H3. The molecule has 0 saturated heterocycles. The van der Waals surface area contributed by atoms with Crippen molar-refractivity contribution in [2.24, 2.45) is 0 Å². The summed E-state index contributed by atoms with van der Waals surface area (Å²) in [6, 6.07) is 12.2. The number of hydrogen-bond donors (Lipinski definition) is 1. The zero-order chi connectivity index (χ0) is 17.6. The van der Waals surface area contributed by atoms with E-state index in [1.54, 1.807) is 36.3 Å². The number of rotatable bonds is 3. The number of nitrogens with one attached hydrogen (secondary N) is 1. The summed E-state index contributed by atoms with van der Waals surface area (Å²) in [6.45, 7) is 0. The number of aromatic nitrogens is 1. The number of carbonyl (C=O) groups is 1. The summed E-state index contributed by atoms with van der Waals surface area (Å²) in [5, 5.41) is 14.9. The van der Waals surface area contributed by atoms with Crippen molar-refractivity contribution in [2.45, 2.75) is 6.42 Å². The molecule has 124 valence electrons. The second-order valence-electron chi connectivity index (χ2n) is 5.89. The zero-order valence-electron chi connectivity index (χ0n) is 13.4. The molecule has 0 saturated carbocycles. The lowest BCUT2D eigenvalue weighted by Gasteiger charge is -2.12. The molecule has 0 fully saturated rings. The second kappa shape index (κ2) is 5.55. The number of likely N-dealkylation sites (N-methyl/N-ethyl adjacent to an activating group) is 1. The summed E-state index contributed by atoms with van der Waals surface area (Å²) in [5.74, 6) is 0.0644. The third-order valence-corrected chi connectivity index (χ3v) is 4.38. The molecule has 3 aromatic rings. The largest absolute Gasteiger partial charge is 0.354 e. The Labute approximate surface area is 143 Å². The third kappa shape index (κ3) is 2.46. The molecule has 4 rings (SSSR count). The molecule has 1 aromatic heterocycles. The number of nitrogens with zero attached hydrogens (tertiary/aromatic N) is 3. The molecule has 1 aliphatic rings. The molecule has 0 radical (unpaired) electrons. The van der Waals surface area contributed by atoms with Crippen molar-refractivity contribution in [1.82, 2.24) is 4.98 Å². The van der Waals surface area contributed by atoms with Crippen molar-refractivity contribution in [3.63, 3.8) is 0 Å². The predicted octanol–water partition coefficient (Wildman–Crippen LogP) is 3.41. The molecule has 2 heterocycles. The zero-order valence-corrected chi connectivity index (χ0v) is 13.4. The SMILES string of the molecule is CN1C(=O)Cc2cc(Nc3ccc([N+](=O)[O-])c4cccnc34)ccc21. The first-order valence-electron chi connectivity index (χ1n) is 7.73. The highest BCUT2D eigenvalue weighted by molar-refractivity contribution is 6.02. The van der Waals surface area contributed by atoms with Crippen LogP contribution in [0.1, 0.15) is 5.56 Å². The Morgan fingerprint density at radius 1 is 1.24 bits per heavy atom. The van der Waals surface area contributed by atoms with Gasteiger partial charge in [0, 0.05) is 30.7 Å². The van der Waals surface area contributed by atoms with Crippen molar-refractivity contribution in [3.05, 3.63) is 64.3 Å². The van der Waals surface area contributed by atoms with Crippen LogP contribution >= 0.6 is 0 Å². The summed E-state index contributed by atoms with van der Waals surface area (Å²) in [4.78, 5) is 28.5. The number of carbonyl (C=O) groups excluding carboxylic acids is 1. The number of non-ortho nitro benzene ring substituents is 1. The molecule has 0 aliphatic carbocycles. The Bertz CT molecular complexity index is 1030. The van der Waals surface area contributed by atoms with Crippen molar-refractivity contribution in [3.8, 4) is 0 Å². The number of hydrogen-bond acceptors (Lipinski definition) is 5. The molecule has 25 heavy (non-hydrogen) atoms. The van der Waals surface area contributed by atoms with Gasteiger partial charge in [-0.05, 0) is 42.0 Å². The van der Waals surface area contributed by atoms with Gasteiger partial charge in [0.1, 0.15) is 5.52 Å². The molecule has 0 spiro atoms. The Balaban J connectivity index is 1.75. The van der Waals surface area contributed by atoms with Gasteiger partial charge < -0.3 is 10.2 Å². The van der Waals surface area contributed by atoms with Gasteiger partial charge in [0.15, 0.2) is 0 Å². The topological polar surface area (TPSA) is 88.4 Å². The van der Waals surface area contributed by atoms with Gasteiger partial charge in [-0.25, -0.2) is 0 Å². The molecule has 0 atom stereocenters. The summed E-state index contributed by atoms with van der Waals surface area (Å²) >= 11 is 0. The van der Waals surface area contributed by atoms with Crippen molar-refractivity contribution >= 4 is 39.6 Å². The maximum absolute atomic E-state index is 11.8. The number of fused-ring (bicyclic) bond motifs is 2. The van der Waals surface area contributed by atoms with Crippen LogP contribution in [0.3, 0.4) is 0 Å². The van der Waals surface area contributed by atoms with Crippen LogP contribution in [-0.4, -0.2) is 22.9 Å². The van der Waals surface area contributed by atoms with Crippen LogP contribution in [0.15, 0.2) is 48.7 Å². The first-order chi connectivity index (χ1) is 12.0. The quantitative estimate of drug-likeness (QED) is 0.586. The number of benzene rings is 2. The number of amides is 1. The fourth-order valence-electron chi connectivity index (χ4n) is 3.12. The van der Waals surface area contributed by atoms with Crippen LogP contribution in [0.2, 0.25) is 0 Å². The molecule has 1 N–H and O–H groups in total. The van der Waals surface area contributed by atoms with E-state index in [0.717, 1.165) is 16.9 Å². The van der Waals surface area contributed by atoms with E-state index in [-0.39, 0.29) is 11.6 Å². The van der Waals surface area contributed by atoms with E-state index in [2.05, 4.69) is 10.3 Å². The third-order valence-electron chi connectivity index (χ3n) is 4.38. The van der Waals surface area contributed by atoms with Crippen molar-refractivity contribution in [2.75, 3.05) is 17.3 Å². The van der Waals surface area contributed by atoms with Gasteiger partial charge in [-0.3, -0.25) is 19.9 Å². The van der Waals surface area contributed by atoms with Crippen LogP contribution < -0.4 is 10.2 Å². The molecule has 0 bridgehead atoms. The Morgan fingerprint density at radius 2 is 2.08 bits per heavy atom. The van der Waals surface area contributed by atoms with E-state index in [4.69, 9.17) is 0 Å². The molecular weight excluding hydrogens is 320 g/mol. The first-order valence-corrected chi connectivity index (χ1v) is 7.73. The maximum Gasteiger partial charge on any atom is 0.278 e. The lowest BCUT2D eigenvalue weighted by atomic mass is 10.1. The fraction of sp³-hybridized carbons (Fsp3) is 0.111. The Hall–Kier alpha value is -3.48. The van der Waals surface area contributed by atoms with Crippen molar-refractivity contribution in [1.29, 1.82) is 0 Å². The monoisotopic (exact) mass is 334 g/mol. The predicted molar refractivity (Wildman–Crippen MR) is 95.2 cm³/mol. The number of pyridine rings is 1. The van der Waals surface area contributed by atoms with Crippen LogP contribution in [0.5, 0.6) is 0 Å². The number of nitro groups is 1. The summed E-state index contributed by atoms with van der Waals surface area (Å²) < 4.78 is 0. The van der Waals surface area contributed by atoms with E-state index in [9.17, 15) is 14.9 Å². The molecule has 0 unspecified atom stereocenters. The molecular formula is C18H14N4O3. The van der Waals surface area contributed by atoms with Gasteiger partial charge in [-0.1, -0.05) is 0 Å². The average Bonchev–Trinajstić information content (AvgIpc) is 2.89. The van der Waals surface area contributed by atoms with Gasteiger partial charge in [-0.2, -0.15) is 0 Å². The van der Waals surface area contributed by atoms with Crippen molar-refractivity contribution < 1.29 is 9.72 Å². The van der Waals surface area contributed by atoms with Crippen LogP contribution in [0.4, 0.5) is 22.7 Å². The Kier molecular flexibility index (Phi) is 3.35. The molecule has 2 aromatic carbocycles. The van der Waals surface area contributed by atoms with Crippen LogP contribution in [-0.2, 0) is 11.2 Å². The smallest absolute Gasteiger partial charge is 0.278 e. The number of anilines is 3. The normalized spacial score (nSPS) is 13.2. The minimum absolute atomic E-state index is 0.0230. The lowest BCUT2D eigenvalue weighted by molar-refractivity contribution is -0.383. The Morgan fingerprint density at radius 3 is 2.88 bits per heavy atom. The summed E-state index contributed by atoms with van der Waals surface area (Å²) in [5.41, 5.74) is 3.90. The van der Waals surface area contributed by atoms with Crippen LogP contribution in [0.25, 0.3) is 10.9 Å². The van der Waals surface area contributed by atoms with E-state index >= 15 is 0 Å². The first kappa shape index (κ1) is 15.1. The van der Waals surface area contributed by atoms with Gasteiger partial charge >= 0.3 is 0 Å². The van der Waals surface area contributed by atoms with E-state index in [1.807, 2.05) is 18.2 Å². The molecule has 1 aliphatic heterocycles. The van der Waals surface area contributed by atoms with Gasteiger partial charge in [0.2, 0.25) is 5.91 Å². The van der Waals surface area contributed by atoms with Gasteiger partial charge in [0.25, 0.3) is 5.69 Å². The average molecular weight is 334 g/mol. The highest BCUT2D eigenvalue weighted by Crippen LogP contribution is 2.34. The molecule has 1 amide bonds. The highest BCUT2D eigenvalue weighted by atomic mass is 16.6. The fourth-order valence-corrected chi connectivity index (χ4v) is 3.12. The lowest BCUT2D eigenvalue weighted by Crippen LogP contribution is -2.20. The second-order valence-corrected chi connectivity index (χ2v) is 5.89. The minimum atomic E-state index is -0.412. The highest BCUT2D eigenvalue weighted by Gasteiger charge is 2.24. The van der Waals surface area contributed by atoms with Gasteiger partial charge in [-0.15, -0.1) is 0 Å². The molecule has 7 heteroatoms.